The molecule has 0 saturated carbocycles. The quantitative estimate of drug-likeness (QED) is 0.879. The predicted molar refractivity (Wildman–Crippen MR) is 93.8 cm³/mol. The maximum absolute atomic E-state index is 13.0. The van der Waals surface area contributed by atoms with Crippen molar-refractivity contribution >= 4 is 11.9 Å². The molecule has 3 rings (SSSR count). The van der Waals surface area contributed by atoms with Gasteiger partial charge >= 0.3 is 5.97 Å². The molecule has 25 heavy (non-hydrogen) atoms. The van der Waals surface area contributed by atoms with Crippen molar-refractivity contribution in [2.24, 2.45) is 0 Å². The maximum Gasteiger partial charge on any atom is 0.335 e. The Kier molecular flexibility index (Phi) is 5.46. The molecule has 1 atom stereocenters. The Labute approximate surface area is 146 Å². The molecule has 0 unspecified atom stereocenters. The summed E-state index contributed by atoms with van der Waals surface area (Å²) in [4.78, 5) is 25.8. The smallest absolute Gasteiger partial charge is 0.335 e. The first-order chi connectivity index (χ1) is 12.1. The summed E-state index contributed by atoms with van der Waals surface area (Å²) in [7, 11) is 0. The number of hydrogen-bond acceptors (Lipinski definition) is 3. The first-order valence-corrected chi connectivity index (χ1v) is 8.41. The monoisotopic (exact) mass is 339 g/mol. The van der Waals surface area contributed by atoms with Crippen molar-refractivity contribution in [3.8, 4) is 0 Å². The summed E-state index contributed by atoms with van der Waals surface area (Å²) in [6, 6.07) is 16.2. The molecule has 0 spiro atoms. The largest absolute Gasteiger partial charge is 0.478 e. The minimum atomic E-state index is -0.996. The first kappa shape index (κ1) is 17.2. The van der Waals surface area contributed by atoms with Crippen LogP contribution in [-0.2, 0) is 11.2 Å². The highest BCUT2D eigenvalue weighted by Crippen LogP contribution is 2.18. The van der Waals surface area contributed by atoms with Crippen LogP contribution < -0.4 is 0 Å². The van der Waals surface area contributed by atoms with E-state index in [0.29, 0.717) is 25.3 Å². The zero-order chi connectivity index (χ0) is 17.6. The molecule has 0 aromatic heterocycles. The summed E-state index contributed by atoms with van der Waals surface area (Å²) in [5.41, 5.74) is 1.86. The third-order valence-electron chi connectivity index (χ3n) is 4.47. The molecule has 5 nitrogen and oxygen atoms in total. The summed E-state index contributed by atoms with van der Waals surface area (Å²) in [5.74, 6) is -1.08. The summed E-state index contributed by atoms with van der Waals surface area (Å²) < 4.78 is 5.46. The molecule has 0 bridgehead atoms. The molecular weight excluding hydrogens is 318 g/mol. The lowest BCUT2D eigenvalue weighted by Crippen LogP contribution is -2.42. The molecule has 1 amide bonds. The van der Waals surface area contributed by atoms with Gasteiger partial charge < -0.3 is 14.7 Å². The van der Waals surface area contributed by atoms with Crippen LogP contribution in [0.2, 0.25) is 0 Å². The molecule has 0 radical (unpaired) electrons. The lowest BCUT2D eigenvalue weighted by atomic mass is 10.1. The number of carboxylic acid groups (broad SMARTS) is 1. The molecule has 1 aliphatic rings. The van der Waals surface area contributed by atoms with Crippen LogP contribution in [0, 0.1) is 0 Å². The molecule has 1 fully saturated rings. The summed E-state index contributed by atoms with van der Waals surface area (Å²) in [6.45, 7) is 1.82. The van der Waals surface area contributed by atoms with E-state index in [0.717, 1.165) is 12.8 Å². The van der Waals surface area contributed by atoms with Gasteiger partial charge in [-0.25, -0.2) is 4.79 Å². The zero-order valence-corrected chi connectivity index (χ0v) is 13.9. The van der Waals surface area contributed by atoms with Crippen molar-refractivity contribution in [1.82, 2.24) is 4.90 Å². The van der Waals surface area contributed by atoms with Crippen molar-refractivity contribution in [1.29, 1.82) is 0 Å². The van der Waals surface area contributed by atoms with E-state index in [1.54, 1.807) is 12.1 Å². The van der Waals surface area contributed by atoms with Gasteiger partial charge in [0.2, 0.25) is 0 Å². The summed E-state index contributed by atoms with van der Waals surface area (Å²) >= 11 is 0. The van der Waals surface area contributed by atoms with Crippen molar-refractivity contribution in [2.75, 3.05) is 19.8 Å². The fourth-order valence-electron chi connectivity index (χ4n) is 3.03. The fourth-order valence-corrected chi connectivity index (χ4v) is 3.03. The van der Waals surface area contributed by atoms with Gasteiger partial charge in [-0.1, -0.05) is 30.3 Å². The number of hydrogen-bond donors (Lipinski definition) is 1. The highest BCUT2D eigenvalue weighted by Gasteiger charge is 2.28. The van der Waals surface area contributed by atoms with E-state index in [1.165, 1.54) is 17.7 Å². The van der Waals surface area contributed by atoms with Gasteiger partial charge in [0.05, 0.1) is 18.2 Å². The Bertz CT molecular complexity index is 721. The minimum absolute atomic E-state index is 0.0652. The van der Waals surface area contributed by atoms with E-state index in [9.17, 15) is 9.59 Å². The molecule has 1 saturated heterocycles. The van der Waals surface area contributed by atoms with Crippen LogP contribution in [0.3, 0.4) is 0 Å². The number of aromatic carboxylic acids is 1. The van der Waals surface area contributed by atoms with Gasteiger partial charge in [0.25, 0.3) is 5.91 Å². The Morgan fingerprint density at radius 3 is 2.32 bits per heavy atom. The van der Waals surface area contributed by atoms with E-state index in [2.05, 4.69) is 12.1 Å². The SMILES string of the molecule is O=C(O)c1ccc(C(=O)N(CCc2ccccc2)[C@@H]2CCOC2)cc1. The van der Waals surface area contributed by atoms with E-state index < -0.39 is 5.97 Å². The number of carboxylic acids is 1. The van der Waals surface area contributed by atoms with Crippen molar-refractivity contribution in [3.63, 3.8) is 0 Å². The number of rotatable bonds is 6. The van der Waals surface area contributed by atoms with Crippen LogP contribution in [0.4, 0.5) is 0 Å². The summed E-state index contributed by atoms with van der Waals surface area (Å²) in [6.07, 6.45) is 1.60. The molecule has 5 heteroatoms. The first-order valence-electron chi connectivity index (χ1n) is 8.41. The minimum Gasteiger partial charge on any atom is -0.478 e. The van der Waals surface area contributed by atoms with Crippen molar-refractivity contribution < 1.29 is 19.4 Å². The second kappa shape index (κ2) is 7.94. The van der Waals surface area contributed by atoms with Gasteiger partial charge in [-0.3, -0.25) is 4.79 Å². The summed E-state index contributed by atoms with van der Waals surface area (Å²) in [5, 5.41) is 8.99. The second-order valence-electron chi connectivity index (χ2n) is 6.13. The number of carbonyl (C=O) groups excluding carboxylic acids is 1. The molecule has 1 aliphatic heterocycles. The topological polar surface area (TPSA) is 66.8 Å². The molecular formula is C20H21NO4. The standard InChI is InChI=1S/C20H21NO4/c22-19(16-6-8-17(9-7-16)20(23)24)21(18-11-13-25-14-18)12-10-15-4-2-1-3-5-15/h1-9,18H,10-14H2,(H,23,24)/t18-/m1/s1. The molecule has 0 aliphatic carbocycles. The van der Waals surface area contributed by atoms with Crippen LogP contribution >= 0.6 is 0 Å². The number of ether oxygens (including phenoxy) is 1. The number of benzene rings is 2. The highest BCUT2D eigenvalue weighted by molar-refractivity contribution is 5.96. The van der Waals surface area contributed by atoms with Crippen molar-refractivity contribution in [3.05, 3.63) is 71.3 Å². The Morgan fingerprint density at radius 2 is 1.72 bits per heavy atom. The number of nitrogens with zero attached hydrogens (tertiary/aromatic N) is 1. The molecule has 130 valence electrons. The third kappa shape index (κ3) is 4.25. The number of carbonyl (C=O) groups is 2. The van der Waals surface area contributed by atoms with Crippen LogP contribution in [0.15, 0.2) is 54.6 Å². The van der Waals surface area contributed by atoms with E-state index in [-0.39, 0.29) is 17.5 Å². The molecule has 2 aromatic carbocycles. The van der Waals surface area contributed by atoms with Gasteiger partial charge in [0, 0.05) is 18.7 Å². The Balaban J connectivity index is 1.75. The Hall–Kier alpha value is -2.66. The lowest BCUT2D eigenvalue weighted by Gasteiger charge is -2.28. The van der Waals surface area contributed by atoms with Gasteiger partial charge in [-0.15, -0.1) is 0 Å². The zero-order valence-electron chi connectivity index (χ0n) is 13.9. The second-order valence-corrected chi connectivity index (χ2v) is 6.13. The van der Waals surface area contributed by atoms with E-state index in [1.807, 2.05) is 23.1 Å². The van der Waals surface area contributed by atoms with E-state index >= 15 is 0 Å². The lowest BCUT2D eigenvalue weighted by molar-refractivity contribution is 0.0652. The fraction of sp³-hybridized carbons (Fsp3) is 0.300. The normalized spacial score (nSPS) is 16.6. The van der Waals surface area contributed by atoms with Gasteiger partial charge in [0.1, 0.15) is 0 Å². The average molecular weight is 339 g/mol. The van der Waals surface area contributed by atoms with Crippen LogP contribution in [0.5, 0.6) is 0 Å². The van der Waals surface area contributed by atoms with Gasteiger partial charge in [-0.2, -0.15) is 0 Å². The maximum atomic E-state index is 13.0. The van der Waals surface area contributed by atoms with Crippen LogP contribution in [0.1, 0.15) is 32.7 Å². The molecule has 2 aromatic rings. The van der Waals surface area contributed by atoms with Crippen molar-refractivity contribution in [2.45, 2.75) is 18.9 Å². The van der Waals surface area contributed by atoms with E-state index in [4.69, 9.17) is 9.84 Å². The van der Waals surface area contributed by atoms with Gasteiger partial charge in [-0.05, 0) is 42.7 Å². The Morgan fingerprint density at radius 1 is 1.04 bits per heavy atom. The molecule has 1 N–H and O–H groups in total. The molecule has 1 heterocycles. The van der Waals surface area contributed by atoms with Crippen LogP contribution in [-0.4, -0.2) is 47.7 Å². The highest BCUT2D eigenvalue weighted by atomic mass is 16.5. The third-order valence-corrected chi connectivity index (χ3v) is 4.47. The predicted octanol–water partition coefficient (Wildman–Crippen LogP) is 2.86. The number of amides is 1. The van der Waals surface area contributed by atoms with Crippen LogP contribution in [0.25, 0.3) is 0 Å². The van der Waals surface area contributed by atoms with Gasteiger partial charge in [0.15, 0.2) is 0 Å². The average Bonchev–Trinajstić information content (AvgIpc) is 3.17.